The van der Waals surface area contributed by atoms with Crippen LogP contribution in [0.25, 0.3) is 0 Å². The van der Waals surface area contributed by atoms with Gasteiger partial charge >= 0.3 is 0 Å². The number of carbonyl (C=O) groups excluding carboxylic acids is 2. The summed E-state index contributed by atoms with van der Waals surface area (Å²) in [6.45, 7) is 1.64. The van der Waals surface area contributed by atoms with Gasteiger partial charge in [-0.2, -0.15) is 0 Å². The number of aliphatic hydroxyl groups excluding tert-OH is 1. The Balaban J connectivity index is 1.74. The van der Waals surface area contributed by atoms with Crippen molar-refractivity contribution >= 4 is 34.8 Å². The maximum absolute atomic E-state index is 13.4. The largest absolute Gasteiger partial charge is 0.495 e. The van der Waals surface area contributed by atoms with Crippen molar-refractivity contribution in [2.24, 2.45) is 5.92 Å². The zero-order chi connectivity index (χ0) is 20.8. The number of benzene rings is 2. The van der Waals surface area contributed by atoms with Gasteiger partial charge in [0, 0.05) is 22.3 Å². The van der Waals surface area contributed by atoms with Crippen molar-refractivity contribution in [1.29, 1.82) is 0 Å². The number of hydrogen-bond acceptors (Lipinski definition) is 5. The van der Waals surface area contributed by atoms with Crippen molar-refractivity contribution in [2.45, 2.75) is 31.0 Å². The van der Waals surface area contributed by atoms with E-state index in [4.69, 9.17) is 16.3 Å². The van der Waals surface area contributed by atoms with E-state index in [1.54, 1.807) is 31.2 Å². The second kappa shape index (κ2) is 7.33. The first-order valence-corrected chi connectivity index (χ1v) is 9.75. The highest BCUT2D eigenvalue weighted by atomic mass is 35.5. The molecule has 7 nitrogen and oxygen atoms in total. The fourth-order valence-corrected chi connectivity index (χ4v) is 4.44. The molecule has 2 aliphatic rings. The van der Waals surface area contributed by atoms with Crippen molar-refractivity contribution in [2.75, 3.05) is 17.7 Å². The lowest BCUT2D eigenvalue weighted by atomic mass is 9.79. The predicted octanol–water partition coefficient (Wildman–Crippen LogP) is 2.49. The van der Waals surface area contributed by atoms with Crippen LogP contribution in [0, 0.1) is 5.92 Å². The minimum absolute atomic E-state index is 0.300. The number of methoxy groups -OCH3 is 1. The van der Waals surface area contributed by atoms with Crippen molar-refractivity contribution < 1.29 is 19.4 Å². The highest BCUT2D eigenvalue weighted by Crippen LogP contribution is 2.47. The van der Waals surface area contributed by atoms with E-state index in [0.717, 1.165) is 0 Å². The Labute approximate surface area is 173 Å². The number of anilines is 2. The van der Waals surface area contributed by atoms with E-state index in [1.807, 2.05) is 18.2 Å². The summed E-state index contributed by atoms with van der Waals surface area (Å²) in [5.74, 6) is -0.936. The topological polar surface area (TPSA) is 99.7 Å². The average Bonchev–Trinajstić information content (AvgIpc) is 3.22. The molecule has 4 rings (SSSR count). The SMILES string of the molecule is COc1ccc(Cl)cc1NC(=O)[C@@H]1C[C@H]([C@H](C)O)N[C@@]12C(=O)Nc1ccccc12. The molecule has 2 heterocycles. The third-order valence-corrected chi connectivity index (χ3v) is 5.94. The quantitative estimate of drug-likeness (QED) is 0.614. The molecule has 29 heavy (non-hydrogen) atoms. The van der Waals surface area contributed by atoms with Gasteiger partial charge in [-0.15, -0.1) is 0 Å². The highest BCUT2D eigenvalue weighted by molar-refractivity contribution is 6.31. The first-order valence-electron chi connectivity index (χ1n) is 9.38. The molecule has 1 fully saturated rings. The molecule has 152 valence electrons. The van der Waals surface area contributed by atoms with E-state index >= 15 is 0 Å². The first kappa shape index (κ1) is 19.7. The van der Waals surface area contributed by atoms with Crippen LogP contribution in [0.1, 0.15) is 18.9 Å². The molecular weight excluding hydrogens is 394 g/mol. The summed E-state index contributed by atoms with van der Waals surface area (Å²) in [6, 6.07) is 11.8. The van der Waals surface area contributed by atoms with Crippen molar-refractivity contribution in [3.63, 3.8) is 0 Å². The van der Waals surface area contributed by atoms with Gasteiger partial charge in [-0.05, 0) is 37.6 Å². The highest BCUT2D eigenvalue weighted by Gasteiger charge is 2.60. The van der Waals surface area contributed by atoms with Crippen LogP contribution in [0.4, 0.5) is 11.4 Å². The van der Waals surface area contributed by atoms with Crippen LogP contribution in [-0.4, -0.2) is 36.2 Å². The zero-order valence-corrected chi connectivity index (χ0v) is 16.8. The van der Waals surface area contributed by atoms with Crippen LogP contribution >= 0.6 is 11.6 Å². The Bertz CT molecular complexity index is 980. The number of amides is 2. The molecule has 4 atom stereocenters. The molecule has 0 radical (unpaired) electrons. The number of hydrogen-bond donors (Lipinski definition) is 4. The van der Waals surface area contributed by atoms with Gasteiger partial charge in [-0.25, -0.2) is 0 Å². The van der Waals surface area contributed by atoms with Gasteiger partial charge in [-0.3, -0.25) is 14.9 Å². The molecule has 0 aliphatic carbocycles. The van der Waals surface area contributed by atoms with Crippen molar-refractivity contribution in [3.8, 4) is 5.75 Å². The Morgan fingerprint density at radius 1 is 1.34 bits per heavy atom. The Kier molecular flexibility index (Phi) is 4.98. The molecule has 0 unspecified atom stereocenters. The normalized spacial score (nSPS) is 26.1. The second-order valence-electron chi connectivity index (χ2n) is 7.42. The molecule has 2 aromatic rings. The molecule has 2 aliphatic heterocycles. The summed E-state index contributed by atoms with van der Waals surface area (Å²) in [7, 11) is 1.50. The van der Waals surface area contributed by atoms with Gasteiger partial charge in [-0.1, -0.05) is 29.8 Å². The Hall–Kier alpha value is -2.61. The monoisotopic (exact) mass is 415 g/mol. The number of halogens is 1. The summed E-state index contributed by atoms with van der Waals surface area (Å²) in [4.78, 5) is 26.5. The second-order valence-corrected chi connectivity index (χ2v) is 7.86. The fraction of sp³-hybridized carbons (Fsp3) is 0.333. The van der Waals surface area contributed by atoms with E-state index in [2.05, 4.69) is 16.0 Å². The fourth-order valence-electron chi connectivity index (χ4n) is 4.27. The first-order chi connectivity index (χ1) is 13.9. The minimum atomic E-state index is -1.26. The third-order valence-electron chi connectivity index (χ3n) is 5.70. The van der Waals surface area contributed by atoms with Crippen LogP contribution in [-0.2, 0) is 15.1 Å². The molecule has 4 N–H and O–H groups in total. The summed E-state index contributed by atoms with van der Waals surface area (Å²) >= 11 is 6.08. The van der Waals surface area contributed by atoms with Crippen LogP contribution in [0.3, 0.4) is 0 Å². The predicted molar refractivity (Wildman–Crippen MR) is 110 cm³/mol. The maximum Gasteiger partial charge on any atom is 0.250 e. The van der Waals surface area contributed by atoms with Gasteiger partial charge in [0.25, 0.3) is 0 Å². The number of nitrogens with one attached hydrogen (secondary N) is 3. The summed E-state index contributed by atoms with van der Waals surface area (Å²) < 4.78 is 5.31. The smallest absolute Gasteiger partial charge is 0.250 e. The minimum Gasteiger partial charge on any atom is -0.495 e. The lowest BCUT2D eigenvalue weighted by Crippen LogP contribution is -2.53. The number of carbonyl (C=O) groups is 2. The number of para-hydroxylation sites is 1. The van der Waals surface area contributed by atoms with Crippen molar-refractivity contribution in [3.05, 3.63) is 53.1 Å². The van der Waals surface area contributed by atoms with Crippen LogP contribution in [0.5, 0.6) is 5.75 Å². The van der Waals surface area contributed by atoms with Crippen LogP contribution < -0.4 is 20.7 Å². The Morgan fingerprint density at radius 2 is 2.10 bits per heavy atom. The van der Waals surface area contributed by atoms with E-state index in [0.29, 0.717) is 34.1 Å². The zero-order valence-electron chi connectivity index (χ0n) is 16.0. The summed E-state index contributed by atoms with van der Waals surface area (Å²) in [6.07, 6.45) is -0.431. The summed E-state index contributed by atoms with van der Waals surface area (Å²) in [5, 5.41) is 19.6. The van der Waals surface area contributed by atoms with E-state index in [9.17, 15) is 14.7 Å². The van der Waals surface area contributed by atoms with E-state index < -0.39 is 23.6 Å². The van der Waals surface area contributed by atoms with Gasteiger partial charge in [0.1, 0.15) is 11.3 Å². The van der Waals surface area contributed by atoms with Gasteiger partial charge in [0.05, 0.1) is 24.8 Å². The summed E-state index contributed by atoms with van der Waals surface area (Å²) in [5.41, 5.74) is 0.529. The lowest BCUT2D eigenvalue weighted by molar-refractivity contribution is -0.130. The molecule has 0 bridgehead atoms. The number of fused-ring (bicyclic) bond motifs is 2. The van der Waals surface area contributed by atoms with E-state index in [-0.39, 0.29) is 11.8 Å². The molecule has 1 saturated heterocycles. The Morgan fingerprint density at radius 3 is 2.83 bits per heavy atom. The maximum atomic E-state index is 13.4. The number of aliphatic hydroxyl groups is 1. The van der Waals surface area contributed by atoms with E-state index in [1.165, 1.54) is 7.11 Å². The number of ether oxygens (including phenoxy) is 1. The number of rotatable bonds is 4. The molecule has 1 spiro atoms. The molecule has 8 heteroatoms. The average molecular weight is 416 g/mol. The molecule has 0 aromatic heterocycles. The van der Waals surface area contributed by atoms with Gasteiger partial charge in [0.15, 0.2) is 0 Å². The molecular formula is C21H22ClN3O4. The van der Waals surface area contributed by atoms with Crippen LogP contribution in [0.15, 0.2) is 42.5 Å². The van der Waals surface area contributed by atoms with Crippen molar-refractivity contribution in [1.82, 2.24) is 5.32 Å². The molecule has 2 amide bonds. The third kappa shape index (κ3) is 3.15. The lowest BCUT2D eigenvalue weighted by Gasteiger charge is -2.29. The van der Waals surface area contributed by atoms with Crippen LogP contribution in [0.2, 0.25) is 5.02 Å². The van der Waals surface area contributed by atoms with Gasteiger partial charge in [0.2, 0.25) is 11.8 Å². The molecule has 0 saturated carbocycles. The molecule has 2 aromatic carbocycles. The standard InChI is InChI=1S/C21H22ClN3O4/c1-11(26)16-10-14(19(27)23-17-9-12(22)7-8-18(17)29-2)21(25-16)13-5-3-4-6-15(13)24-20(21)28/h3-9,11,14,16,25-26H,10H2,1-2H3,(H,23,27)(H,24,28)/t11-,14-,16+,21+/m0/s1. The van der Waals surface area contributed by atoms with Gasteiger partial charge < -0.3 is 20.5 Å².